The van der Waals surface area contributed by atoms with Gasteiger partial charge in [-0.2, -0.15) is 5.10 Å². The average Bonchev–Trinajstić information content (AvgIpc) is 3.02. The van der Waals surface area contributed by atoms with Crippen LogP contribution in [-0.2, 0) is 11.3 Å². The molecular formula is C12H15N3OS. The van der Waals surface area contributed by atoms with E-state index in [2.05, 4.69) is 11.2 Å². The van der Waals surface area contributed by atoms with Gasteiger partial charge in [0.1, 0.15) is 11.5 Å². The summed E-state index contributed by atoms with van der Waals surface area (Å²) in [5.41, 5.74) is 6.93. The van der Waals surface area contributed by atoms with Crippen LogP contribution in [0.4, 0.5) is 5.82 Å². The first-order chi connectivity index (χ1) is 8.33. The number of nitrogens with zero attached hydrogens (tertiary/aromatic N) is 2. The van der Waals surface area contributed by atoms with Gasteiger partial charge in [-0.3, -0.25) is 0 Å². The van der Waals surface area contributed by atoms with Crippen LogP contribution in [0.1, 0.15) is 12.8 Å². The number of nitrogen functional groups attached to an aromatic ring is 1. The maximum Gasteiger partial charge on any atom is 0.122 e. The van der Waals surface area contributed by atoms with Crippen LogP contribution in [0, 0.1) is 0 Å². The first kappa shape index (κ1) is 10.8. The number of nitrogens with two attached hydrogens (primary N) is 1. The lowest BCUT2D eigenvalue weighted by molar-refractivity contribution is 0.0946. The SMILES string of the molecule is Nc1cc(-c2cccs2)nn1CC1CCCO1. The highest BCUT2D eigenvalue weighted by molar-refractivity contribution is 7.13. The zero-order valence-electron chi connectivity index (χ0n) is 9.50. The molecular weight excluding hydrogens is 234 g/mol. The second-order valence-electron chi connectivity index (χ2n) is 4.25. The van der Waals surface area contributed by atoms with Gasteiger partial charge in [-0.05, 0) is 24.3 Å². The molecule has 1 aliphatic rings. The Bertz CT molecular complexity index is 486. The third kappa shape index (κ3) is 2.21. The highest BCUT2D eigenvalue weighted by Crippen LogP contribution is 2.25. The van der Waals surface area contributed by atoms with Crippen molar-refractivity contribution >= 4 is 17.2 Å². The molecule has 0 amide bonds. The van der Waals surface area contributed by atoms with E-state index >= 15 is 0 Å². The van der Waals surface area contributed by atoms with Crippen molar-refractivity contribution in [3.05, 3.63) is 23.6 Å². The fourth-order valence-electron chi connectivity index (χ4n) is 2.10. The van der Waals surface area contributed by atoms with Crippen LogP contribution in [0.3, 0.4) is 0 Å². The molecule has 90 valence electrons. The molecule has 17 heavy (non-hydrogen) atoms. The summed E-state index contributed by atoms with van der Waals surface area (Å²) in [4.78, 5) is 1.16. The van der Waals surface area contributed by atoms with Gasteiger partial charge >= 0.3 is 0 Å². The quantitative estimate of drug-likeness (QED) is 0.908. The molecule has 0 bridgehead atoms. The lowest BCUT2D eigenvalue weighted by atomic mass is 10.2. The van der Waals surface area contributed by atoms with Crippen LogP contribution < -0.4 is 5.73 Å². The molecule has 1 saturated heterocycles. The second-order valence-corrected chi connectivity index (χ2v) is 5.20. The number of hydrogen-bond acceptors (Lipinski definition) is 4. The molecule has 1 aliphatic heterocycles. The summed E-state index contributed by atoms with van der Waals surface area (Å²) in [6.07, 6.45) is 2.52. The molecule has 2 aromatic rings. The molecule has 0 spiro atoms. The van der Waals surface area contributed by atoms with Gasteiger partial charge in [0.25, 0.3) is 0 Å². The standard InChI is InChI=1S/C12H15N3OS/c13-12-7-10(11-4-2-6-17-11)14-15(12)8-9-3-1-5-16-9/h2,4,6-7,9H,1,3,5,8,13H2. The lowest BCUT2D eigenvalue weighted by Gasteiger charge is -2.10. The van der Waals surface area contributed by atoms with Gasteiger partial charge in [-0.15, -0.1) is 11.3 Å². The molecule has 3 rings (SSSR count). The third-order valence-electron chi connectivity index (χ3n) is 2.99. The van der Waals surface area contributed by atoms with Crippen LogP contribution >= 0.6 is 11.3 Å². The molecule has 0 aliphatic carbocycles. The number of ether oxygens (including phenoxy) is 1. The molecule has 1 atom stereocenters. The molecule has 0 aromatic carbocycles. The maximum atomic E-state index is 5.98. The predicted octanol–water partition coefficient (Wildman–Crippen LogP) is 2.37. The van der Waals surface area contributed by atoms with Crippen molar-refractivity contribution in [3.8, 4) is 10.6 Å². The van der Waals surface area contributed by atoms with E-state index in [1.165, 1.54) is 0 Å². The fraction of sp³-hybridized carbons (Fsp3) is 0.417. The average molecular weight is 249 g/mol. The topological polar surface area (TPSA) is 53.1 Å². The number of anilines is 1. The zero-order valence-corrected chi connectivity index (χ0v) is 10.3. The monoisotopic (exact) mass is 249 g/mol. The summed E-state index contributed by atoms with van der Waals surface area (Å²) in [5.74, 6) is 0.712. The van der Waals surface area contributed by atoms with Crippen molar-refractivity contribution in [1.82, 2.24) is 9.78 Å². The molecule has 1 fully saturated rings. The summed E-state index contributed by atoms with van der Waals surface area (Å²) < 4.78 is 7.45. The van der Waals surface area contributed by atoms with E-state index in [-0.39, 0.29) is 6.10 Å². The van der Waals surface area contributed by atoms with E-state index < -0.39 is 0 Å². The third-order valence-corrected chi connectivity index (χ3v) is 3.88. The van der Waals surface area contributed by atoms with Crippen molar-refractivity contribution in [2.75, 3.05) is 12.3 Å². The molecule has 2 aromatic heterocycles. The Balaban J connectivity index is 1.80. The maximum absolute atomic E-state index is 5.98. The van der Waals surface area contributed by atoms with E-state index in [0.29, 0.717) is 5.82 Å². The Morgan fingerprint density at radius 2 is 2.53 bits per heavy atom. The van der Waals surface area contributed by atoms with E-state index in [1.54, 1.807) is 11.3 Å². The summed E-state index contributed by atoms with van der Waals surface area (Å²) in [6.45, 7) is 1.63. The number of thiophene rings is 1. The van der Waals surface area contributed by atoms with E-state index in [9.17, 15) is 0 Å². The molecule has 4 nitrogen and oxygen atoms in total. The summed E-state index contributed by atoms with van der Waals surface area (Å²) in [7, 11) is 0. The Labute approximate surface area is 104 Å². The summed E-state index contributed by atoms with van der Waals surface area (Å²) >= 11 is 1.68. The Kier molecular flexibility index (Phi) is 2.86. The highest BCUT2D eigenvalue weighted by atomic mass is 32.1. The van der Waals surface area contributed by atoms with E-state index in [4.69, 9.17) is 10.5 Å². The van der Waals surface area contributed by atoms with Crippen molar-refractivity contribution in [2.24, 2.45) is 0 Å². The van der Waals surface area contributed by atoms with Gasteiger partial charge in [-0.25, -0.2) is 4.68 Å². The van der Waals surface area contributed by atoms with Gasteiger partial charge < -0.3 is 10.5 Å². The molecule has 3 heterocycles. The molecule has 2 N–H and O–H groups in total. The van der Waals surface area contributed by atoms with Crippen molar-refractivity contribution in [2.45, 2.75) is 25.5 Å². The first-order valence-corrected chi connectivity index (χ1v) is 6.70. The number of aromatic nitrogens is 2. The minimum absolute atomic E-state index is 0.272. The van der Waals surface area contributed by atoms with Crippen LogP contribution in [-0.4, -0.2) is 22.5 Å². The number of rotatable bonds is 3. The van der Waals surface area contributed by atoms with Crippen molar-refractivity contribution in [1.29, 1.82) is 0 Å². The van der Waals surface area contributed by atoms with Gasteiger partial charge in [-0.1, -0.05) is 6.07 Å². The van der Waals surface area contributed by atoms with Gasteiger partial charge in [0.2, 0.25) is 0 Å². The first-order valence-electron chi connectivity index (χ1n) is 5.82. The van der Waals surface area contributed by atoms with Crippen molar-refractivity contribution < 1.29 is 4.74 Å². The Morgan fingerprint density at radius 1 is 1.59 bits per heavy atom. The Hall–Kier alpha value is -1.33. The van der Waals surface area contributed by atoms with E-state index in [0.717, 1.165) is 36.6 Å². The largest absolute Gasteiger partial charge is 0.384 e. The summed E-state index contributed by atoms with van der Waals surface area (Å²) in [5, 5.41) is 6.58. The van der Waals surface area contributed by atoms with E-state index in [1.807, 2.05) is 22.2 Å². The van der Waals surface area contributed by atoms with Crippen LogP contribution in [0.25, 0.3) is 10.6 Å². The predicted molar refractivity (Wildman–Crippen MR) is 68.9 cm³/mol. The normalized spacial score (nSPS) is 19.9. The molecule has 1 unspecified atom stereocenters. The molecule has 0 radical (unpaired) electrons. The van der Waals surface area contributed by atoms with Gasteiger partial charge in [0, 0.05) is 12.7 Å². The van der Waals surface area contributed by atoms with Crippen LogP contribution in [0.15, 0.2) is 23.6 Å². The summed E-state index contributed by atoms with van der Waals surface area (Å²) in [6, 6.07) is 6.01. The minimum atomic E-state index is 0.272. The minimum Gasteiger partial charge on any atom is -0.384 e. The molecule has 5 heteroatoms. The fourth-order valence-corrected chi connectivity index (χ4v) is 2.78. The smallest absolute Gasteiger partial charge is 0.122 e. The number of hydrogen-bond donors (Lipinski definition) is 1. The zero-order chi connectivity index (χ0) is 11.7. The van der Waals surface area contributed by atoms with Gasteiger partial charge in [0.15, 0.2) is 0 Å². The Morgan fingerprint density at radius 3 is 3.24 bits per heavy atom. The van der Waals surface area contributed by atoms with Crippen LogP contribution in [0.5, 0.6) is 0 Å². The van der Waals surface area contributed by atoms with Crippen molar-refractivity contribution in [3.63, 3.8) is 0 Å². The lowest BCUT2D eigenvalue weighted by Crippen LogP contribution is -2.17. The molecule has 0 saturated carbocycles. The van der Waals surface area contributed by atoms with Gasteiger partial charge in [0.05, 0.1) is 17.5 Å². The highest BCUT2D eigenvalue weighted by Gasteiger charge is 2.18. The van der Waals surface area contributed by atoms with Crippen LogP contribution in [0.2, 0.25) is 0 Å². The second kappa shape index (κ2) is 4.50.